The van der Waals surface area contributed by atoms with Gasteiger partial charge in [-0.05, 0) is 69.2 Å². The van der Waals surface area contributed by atoms with Gasteiger partial charge in [-0.3, -0.25) is 9.59 Å². The van der Waals surface area contributed by atoms with Crippen LogP contribution in [0.3, 0.4) is 0 Å². The zero-order chi connectivity index (χ0) is 18.5. The van der Waals surface area contributed by atoms with Crippen molar-refractivity contribution in [1.82, 2.24) is 5.32 Å². The summed E-state index contributed by atoms with van der Waals surface area (Å²) in [5.74, 6) is 0.117. The molecule has 0 radical (unpaired) electrons. The molecule has 1 saturated carbocycles. The van der Waals surface area contributed by atoms with Crippen LogP contribution in [0.15, 0.2) is 18.2 Å². The Morgan fingerprint density at radius 1 is 1.12 bits per heavy atom. The first kappa shape index (κ1) is 19.2. The number of amides is 2. The lowest BCUT2D eigenvalue weighted by Gasteiger charge is -2.27. The third-order valence-corrected chi connectivity index (χ3v) is 5.68. The Balaban J connectivity index is 1.43. The number of hydrogen-bond acceptors (Lipinski definition) is 3. The van der Waals surface area contributed by atoms with Crippen molar-refractivity contribution in [3.8, 4) is 0 Å². The van der Waals surface area contributed by atoms with Crippen LogP contribution in [-0.4, -0.2) is 31.1 Å². The van der Waals surface area contributed by atoms with E-state index in [0.29, 0.717) is 11.6 Å². The highest BCUT2D eigenvalue weighted by Gasteiger charge is 2.30. The zero-order valence-corrected chi connectivity index (χ0v) is 16.0. The second-order valence-corrected chi connectivity index (χ2v) is 7.81. The van der Waals surface area contributed by atoms with Gasteiger partial charge in [0, 0.05) is 35.7 Å². The number of benzene rings is 1. The molecule has 0 bridgehead atoms. The maximum absolute atomic E-state index is 12.5. The Bertz CT molecular complexity index is 650. The van der Waals surface area contributed by atoms with Crippen LogP contribution in [-0.2, 0) is 14.3 Å². The first-order valence-electron chi connectivity index (χ1n) is 9.49. The third kappa shape index (κ3) is 4.98. The Hall–Kier alpha value is -1.59. The van der Waals surface area contributed by atoms with Crippen LogP contribution in [0, 0.1) is 18.8 Å². The molecule has 6 heteroatoms. The minimum Gasteiger partial charge on any atom is -0.376 e. The molecule has 2 aliphatic rings. The van der Waals surface area contributed by atoms with E-state index in [1.54, 1.807) is 6.07 Å². The molecule has 1 saturated heterocycles. The van der Waals surface area contributed by atoms with Crippen LogP contribution in [0.4, 0.5) is 5.69 Å². The van der Waals surface area contributed by atoms with Crippen LogP contribution in [0.25, 0.3) is 0 Å². The number of anilines is 1. The topological polar surface area (TPSA) is 67.4 Å². The van der Waals surface area contributed by atoms with Gasteiger partial charge < -0.3 is 15.4 Å². The summed E-state index contributed by atoms with van der Waals surface area (Å²) in [5.41, 5.74) is 1.75. The monoisotopic (exact) mass is 378 g/mol. The number of rotatable bonds is 5. The van der Waals surface area contributed by atoms with Crippen molar-refractivity contribution in [2.75, 3.05) is 18.5 Å². The zero-order valence-electron chi connectivity index (χ0n) is 15.2. The van der Waals surface area contributed by atoms with Crippen molar-refractivity contribution in [1.29, 1.82) is 0 Å². The van der Waals surface area contributed by atoms with Gasteiger partial charge in [-0.25, -0.2) is 0 Å². The van der Waals surface area contributed by atoms with Gasteiger partial charge in [0.15, 0.2) is 0 Å². The Kier molecular flexibility index (Phi) is 6.54. The van der Waals surface area contributed by atoms with Gasteiger partial charge in [0.1, 0.15) is 0 Å². The molecule has 142 valence electrons. The Morgan fingerprint density at radius 3 is 2.42 bits per heavy atom. The molecule has 1 atom stereocenters. The largest absolute Gasteiger partial charge is 0.376 e. The van der Waals surface area contributed by atoms with E-state index in [-0.39, 0.29) is 29.8 Å². The van der Waals surface area contributed by atoms with Crippen molar-refractivity contribution < 1.29 is 14.3 Å². The van der Waals surface area contributed by atoms with Gasteiger partial charge >= 0.3 is 0 Å². The molecule has 2 N–H and O–H groups in total. The molecule has 0 spiro atoms. The average molecular weight is 379 g/mol. The van der Waals surface area contributed by atoms with Gasteiger partial charge in [-0.15, -0.1) is 0 Å². The summed E-state index contributed by atoms with van der Waals surface area (Å²) in [7, 11) is 0. The fourth-order valence-electron chi connectivity index (χ4n) is 3.78. The fraction of sp³-hybridized carbons (Fsp3) is 0.600. The summed E-state index contributed by atoms with van der Waals surface area (Å²) in [6, 6.07) is 5.45. The minimum absolute atomic E-state index is 0.0118. The highest BCUT2D eigenvalue weighted by Crippen LogP contribution is 2.30. The normalized spacial score (nSPS) is 25.7. The van der Waals surface area contributed by atoms with Crippen LogP contribution < -0.4 is 10.6 Å². The van der Waals surface area contributed by atoms with E-state index in [0.717, 1.165) is 56.4 Å². The van der Waals surface area contributed by atoms with E-state index in [9.17, 15) is 9.59 Å². The number of halogens is 1. The number of carbonyl (C=O) groups is 2. The second-order valence-electron chi connectivity index (χ2n) is 7.38. The first-order valence-corrected chi connectivity index (χ1v) is 9.87. The van der Waals surface area contributed by atoms with E-state index in [1.165, 1.54) is 0 Å². The molecular weight excluding hydrogens is 352 g/mol. The van der Waals surface area contributed by atoms with Crippen LogP contribution in [0.2, 0.25) is 5.02 Å². The van der Waals surface area contributed by atoms with Gasteiger partial charge in [-0.1, -0.05) is 11.6 Å². The summed E-state index contributed by atoms with van der Waals surface area (Å²) in [4.78, 5) is 24.8. The molecule has 5 nitrogen and oxygen atoms in total. The molecule has 1 aromatic carbocycles. The van der Waals surface area contributed by atoms with Crippen molar-refractivity contribution in [2.24, 2.45) is 11.8 Å². The summed E-state index contributed by atoms with van der Waals surface area (Å²) < 4.78 is 5.54. The van der Waals surface area contributed by atoms with E-state index in [4.69, 9.17) is 16.3 Å². The molecule has 0 aromatic heterocycles. The molecule has 2 amide bonds. The molecule has 3 rings (SSSR count). The van der Waals surface area contributed by atoms with Gasteiger partial charge in [-0.2, -0.15) is 0 Å². The lowest BCUT2D eigenvalue weighted by Crippen LogP contribution is -2.38. The molecule has 1 aliphatic heterocycles. The first-order chi connectivity index (χ1) is 12.5. The lowest BCUT2D eigenvalue weighted by atomic mass is 9.81. The smallest absolute Gasteiger partial charge is 0.227 e. The summed E-state index contributed by atoms with van der Waals surface area (Å²) >= 11 is 5.96. The number of nitrogens with one attached hydrogen (secondary N) is 2. The van der Waals surface area contributed by atoms with Crippen LogP contribution >= 0.6 is 11.6 Å². The van der Waals surface area contributed by atoms with Crippen LogP contribution in [0.5, 0.6) is 0 Å². The number of ether oxygens (including phenoxy) is 1. The predicted molar refractivity (Wildman–Crippen MR) is 102 cm³/mol. The summed E-state index contributed by atoms with van der Waals surface area (Å²) in [6.45, 7) is 3.33. The van der Waals surface area contributed by atoms with E-state index in [1.807, 2.05) is 19.1 Å². The Labute approximate surface area is 159 Å². The molecule has 1 heterocycles. The SMILES string of the molecule is Cc1cc(Cl)ccc1NC(=O)C1CCC(C(=O)NCC2CCCO2)CC1. The molecule has 2 fully saturated rings. The molecular formula is C20H27ClN2O3. The second kappa shape index (κ2) is 8.87. The van der Waals surface area contributed by atoms with Gasteiger partial charge in [0.2, 0.25) is 11.8 Å². The number of aryl methyl sites for hydroxylation is 1. The highest BCUT2D eigenvalue weighted by atomic mass is 35.5. The summed E-state index contributed by atoms with van der Waals surface area (Å²) in [5, 5.41) is 6.67. The van der Waals surface area contributed by atoms with Crippen molar-refractivity contribution >= 4 is 29.1 Å². The maximum Gasteiger partial charge on any atom is 0.227 e. The predicted octanol–water partition coefficient (Wildman–Crippen LogP) is 3.69. The molecule has 1 unspecified atom stereocenters. The molecule has 1 aliphatic carbocycles. The van der Waals surface area contributed by atoms with E-state index >= 15 is 0 Å². The van der Waals surface area contributed by atoms with Crippen LogP contribution in [0.1, 0.15) is 44.1 Å². The molecule has 26 heavy (non-hydrogen) atoms. The van der Waals surface area contributed by atoms with E-state index in [2.05, 4.69) is 10.6 Å². The van der Waals surface area contributed by atoms with Crippen molar-refractivity contribution in [2.45, 2.75) is 51.6 Å². The van der Waals surface area contributed by atoms with Gasteiger partial charge in [0.25, 0.3) is 0 Å². The lowest BCUT2D eigenvalue weighted by molar-refractivity contribution is -0.128. The highest BCUT2D eigenvalue weighted by molar-refractivity contribution is 6.30. The number of carbonyl (C=O) groups excluding carboxylic acids is 2. The van der Waals surface area contributed by atoms with Crippen molar-refractivity contribution in [3.05, 3.63) is 28.8 Å². The molecule has 1 aromatic rings. The fourth-order valence-corrected chi connectivity index (χ4v) is 4.01. The summed E-state index contributed by atoms with van der Waals surface area (Å²) in [6.07, 6.45) is 5.28. The quantitative estimate of drug-likeness (QED) is 0.821. The van der Waals surface area contributed by atoms with E-state index < -0.39 is 0 Å². The average Bonchev–Trinajstić information content (AvgIpc) is 3.15. The minimum atomic E-state index is -0.0349. The maximum atomic E-state index is 12.5. The third-order valence-electron chi connectivity index (χ3n) is 5.44. The van der Waals surface area contributed by atoms with Crippen molar-refractivity contribution in [3.63, 3.8) is 0 Å². The number of hydrogen-bond donors (Lipinski definition) is 2. The van der Waals surface area contributed by atoms with Gasteiger partial charge in [0.05, 0.1) is 6.10 Å². The Morgan fingerprint density at radius 2 is 1.81 bits per heavy atom. The standard InChI is InChI=1S/C20H27ClN2O3/c1-13-11-16(21)8-9-18(13)23-20(25)15-6-4-14(5-7-15)19(24)22-12-17-3-2-10-26-17/h8-9,11,14-15,17H,2-7,10,12H2,1H3,(H,22,24)(H,23,25).